The molecule has 5 heteroatoms. The lowest BCUT2D eigenvalue weighted by molar-refractivity contribution is -0.148. The average Bonchev–Trinajstić information content (AvgIpc) is 2.84. The van der Waals surface area contributed by atoms with Gasteiger partial charge in [0.05, 0.1) is 6.42 Å². The second-order valence-corrected chi connectivity index (χ2v) is 6.11. The third-order valence-corrected chi connectivity index (χ3v) is 3.83. The molecule has 110 valence electrons. The predicted octanol–water partition coefficient (Wildman–Crippen LogP) is 1.94. The van der Waals surface area contributed by atoms with Gasteiger partial charge < -0.3 is 15.0 Å². The molecule has 1 aliphatic heterocycles. The number of nitrogens with zero attached hydrogens (tertiary/aromatic N) is 1. The highest BCUT2D eigenvalue weighted by Gasteiger charge is 2.42. The summed E-state index contributed by atoms with van der Waals surface area (Å²) >= 11 is 0. The van der Waals surface area contributed by atoms with Crippen molar-refractivity contribution in [1.82, 2.24) is 4.57 Å². The number of benzene rings is 1. The molecule has 1 amide bonds. The van der Waals surface area contributed by atoms with Crippen LogP contribution in [0.1, 0.15) is 32.0 Å². The van der Waals surface area contributed by atoms with Crippen LogP contribution in [-0.4, -0.2) is 22.0 Å². The molecule has 2 heterocycles. The highest BCUT2D eigenvalue weighted by molar-refractivity contribution is 5.87. The number of ether oxygens (including phenoxy) is 1. The SMILES string of the molecule is CC1(C)CC(n2c(CC(N)=O)cc3ccccc32)C(=O)O1. The summed E-state index contributed by atoms with van der Waals surface area (Å²) in [6.45, 7) is 3.79. The normalized spacial score (nSPS) is 20.7. The summed E-state index contributed by atoms with van der Waals surface area (Å²) in [5, 5.41) is 0.992. The number of rotatable bonds is 3. The number of carbonyl (C=O) groups is 2. The summed E-state index contributed by atoms with van der Waals surface area (Å²) in [6, 6.07) is 9.25. The molecule has 2 N–H and O–H groups in total. The Morgan fingerprint density at radius 2 is 2.14 bits per heavy atom. The Hall–Kier alpha value is -2.30. The lowest BCUT2D eigenvalue weighted by Gasteiger charge is -2.16. The Bertz CT molecular complexity index is 730. The fourth-order valence-corrected chi connectivity index (χ4v) is 3.04. The summed E-state index contributed by atoms with van der Waals surface area (Å²) in [6.07, 6.45) is 0.690. The van der Waals surface area contributed by atoms with Crippen molar-refractivity contribution in [2.24, 2.45) is 5.73 Å². The van der Waals surface area contributed by atoms with Gasteiger partial charge in [-0.1, -0.05) is 18.2 Å². The van der Waals surface area contributed by atoms with Crippen molar-refractivity contribution in [2.45, 2.75) is 38.3 Å². The second-order valence-electron chi connectivity index (χ2n) is 6.11. The fourth-order valence-electron chi connectivity index (χ4n) is 3.04. The van der Waals surface area contributed by atoms with Crippen LogP contribution in [0.4, 0.5) is 0 Å². The van der Waals surface area contributed by atoms with Gasteiger partial charge in [0.25, 0.3) is 0 Å². The van der Waals surface area contributed by atoms with Crippen molar-refractivity contribution in [1.29, 1.82) is 0 Å². The maximum absolute atomic E-state index is 12.2. The average molecular weight is 286 g/mol. The van der Waals surface area contributed by atoms with Crippen LogP contribution in [-0.2, 0) is 20.7 Å². The number of nitrogens with two attached hydrogens (primary N) is 1. The van der Waals surface area contributed by atoms with E-state index in [0.717, 1.165) is 16.6 Å². The van der Waals surface area contributed by atoms with Crippen molar-refractivity contribution in [3.05, 3.63) is 36.0 Å². The van der Waals surface area contributed by atoms with Gasteiger partial charge in [-0.15, -0.1) is 0 Å². The van der Waals surface area contributed by atoms with Crippen molar-refractivity contribution in [3.8, 4) is 0 Å². The van der Waals surface area contributed by atoms with Gasteiger partial charge in [0.2, 0.25) is 5.91 Å². The molecule has 1 fully saturated rings. The summed E-state index contributed by atoms with van der Waals surface area (Å²) in [4.78, 5) is 23.5. The Morgan fingerprint density at radius 3 is 2.76 bits per heavy atom. The molecule has 0 spiro atoms. The molecule has 1 saturated heterocycles. The maximum Gasteiger partial charge on any atom is 0.329 e. The van der Waals surface area contributed by atoms with E-state index in [1.807, 2.05) is 48.7 Å². The first-order valence-electron chi connectivity index (χ1n) is 6.97. The number of para-hydroxylation sites is 1. The van der Waals surface area contributed by atoms with Crippen LogP contribution in [0, 0.1) is 0 Å². The van der Waals surface area contributed by atoms with E-state index in [1.54, 1.807) is 0 Å². The van der Waals surface area contributed by atoms with Gasteiger partial charge in [-0.2, -0.15) is 0 Å². The molecule has 1 unspecified atom stereocenters. The third kappa shape index (κ3) is 2.39. The van der Waals surface area contributed by atoms with Crippen molar-refractivity contribution < 1.29 is 14.3 Å². The number of cyclic esters (lactones) is 1. The number of primary amides is 1. The maximum atomic E-state index is 12.2. The van der Waals surface area contributed by atoms with Gasteiger partial charge in [-0.05, 0) is 31.4 Å². The molecule has 2 aromatic rings. The largest absolute Gasteiger partial charge is 0.458 e. The van der Waals surface area contributed by atoms with Crippen molar-refractivity contribution >= 4 is 22.8 Å². The van der Waals surface area contributed by atoms with E-state index in [1.165, 1.54) is 0 Å². The van der Waals surface area contributed by atoms with Gasteiger partial charge in [-0.25, -0.2) is 4.79 Å². The number of hydrogen-bond donors (Lipinski definition) is 1. The number of fused-ring (bicyclic) bond motifs is 1. The first-order chi connectivity index (χ1) is 9.87. The Kier molecular flexibility index (Phi) is 3.01. The van der Waals surface area contributed by atoms with Crippen LogP contribution < -0.4 is 5.73 Å². The summed E-state index contributed by atoms with van der Waals surface area (Å²) < 4.78 is 7.32. The zero-order chi connectivity index (χ0) is 15.2. The van der Waals surface area contributed by atoms with E-state index in [2.05, 4.69) is 0 Å². The van der Waals surface area contributed by atoms with Crippen LogP contribution in [0.15, 0.2) is 30.3 Å². The van der Waals surface area contributed by atoms with Crippen LogP contribution in [0.3, 0.4) is 0 Å². The van der Waals surface area contributed by atoms with E-state index in [-0.39, 0.29) is 12.4 Å². The molecule has 0 bridgehead atoms. The Balaban J connectivity index is 2.15. The number of esters is 1. The highest BCUT2D eigenvalue weighted by Crippen LogP contribution is 2.37. The second kappa shape index (κ2) is 4.62. The van der Waals surface area contributed by atoms with E-state index in [9.17, 15) is 9.59 Å². The first kappa shape index (κ1) is 13.7. The van der Waals surface area contributed by atoms with Crippen LogP contribution in [0.5, 0.6) is 0 Å². The molecule has 1 atom stereocenters. The summed E-state index contributed by atoms with van der Waals surface area (Å²) in [5.74, 6) is -0.670. The number of aromatic nitrogens is 1. The molecule has 3 rings (SSSR count). The summed E-state index contributed by atoms with van der Waals surface area (Å²) in [7, 11) is 0. The number of amides is 1. The van der Waals surface area contributed by atoms with Gasteiger partial charge in [0, 0.05) is 17.6 Å². The van der Waals surface area contributed by atoms with Crippen molar-refractivity contribution in [2.75, 3.05) is 0 Å². The molecule has 0 saturated carbocycles. The van der Waals surface area contributed by atoms with Gasteiger partial charge >= 0.3 is 5.97 Å². The van der Waals surface area contributed by atoms with Gasteiger partial charge in [-0.3, -0.25) is 4.79 Å². The van der Waals surface area contributed by atoms with E-state index >= 15 is 0 Å². The monoisotopic (exact) mass is 286 g/mol. The lowest BCUT2D eigenvalue weighted by atomic mass is 10.0. The smallest absolute Gasteiger partial charge is 0.329 e. The molecule has 1 aromatic carbocycles. The molecule has 21 heavy (non-hydrogen) atoms. The predicted molar refractivity (Wildman–Crippen MR) is 78.7 cm³/mol. The van der Waals surface area contributed by atoms with E-state index < -0.39 is 17.6 Å². The van der Waals surface area contributed by atoms with Crippen LogP contribution in [0.25, 0.3) is 10.9 Å². The first-order valence-corrected chi connectivity index (χ1v) is 6.97. The molecule has 0 radical (unpaired) electrons. The van der Waals surface area contributed by atoms with E-state index in [0.29, 0.717) is 6.42 Å². The zero-order valence-corrected chi connectivity index (χ0v) is 12.1. The standard InChI is InChI=1S/C16H18N2O3/c1-16(2)9-13(15(20)21-16)18-11(8-14(17)19)7-10-5-3-4-6-12(10)18/h3-7,13H,8-9H2,1-2H3,(H2,17,19). The van der Waals surface area contributed by atoms with Crippen LogP contribution >= 0.6 is 0 Å². The topological polar surface area (TPSA) is 74.3 Å². The lowest BCUT2D eigenvalue weighted by Crippen LogP contribution is -2.21. The molecular weight excluding hydrogens is 268 g/mol. The molecule has 1 aromatic heterocycles. The fraction of sp³-hybridized carbons (Fsp3) is 0.375. The molecule has 5 nitrogen and oxygen atoms in total. The minimum Gasteiger partial charge on any atom is -0.458 e. The Labute approximate surface area is 122 Å². The van der Waals surface area contributed by atoms with Crippen LogP contribution in [0.2, 0.25) is 0 Å². The number of carbonyl (C=O) groups excluding carboxylic acids is 2. The summed E-state index contributed by atoms with van der Waals surface area (Å²) in [5.41, 5.74) is 6.52. The minimum atomic E-state index is -0.489. The van der Waals surface area contributed by atoms with Gasteiger partial charge in [0.1, 0.15) is 11.6 Å². The third-order valence-electron chi connectivity index (χ3n) is 3.83. The van der Waals surface area contributed by atoms with Gasteiger partial charge in [0.15, 0.2) is 0 Å². The number of hydrogen-bond acceptors (Lipinski definition) is 3. The molecule has 1 aliphatic rings. The van der Waals surface area contributed by atoms with E-state index in [4.69, 9.17) is 10.5 Å². The molecule has 0 aliphatic carbocycles. The quantitative estimate of drug-likeness (QED) is 0.876. The Morgan fingerprint density at radius 1 is 1.43 bits per heavy atom. The molecular formula is C16H18N2O3. The van der Waals surface area contributed by atoms with Crippen molar-refractivity contribution in [3.63, 3.8) is 0 Å². The highest BCUT2D eigenvalue weighted by atomic mass is 16.6. The minimum absolute atomic E-state index is 0.110. The zero-order valence-electron chi connectivity index (χ0n) is 12.1.